The Hall–Kier alpha value is -2.43. The van der Waals surface area contributed by atoms with Gasteiger partial charge in [0, 0.05) is 32.4 Å². The van der Waals surface area contributed by atoms with Gasteiger partial charge in [-0.1, -0.05) is 31.2 Å². The summed E-state index contributed by atoms with van der Waals surface area (Å²) in [5.74, 6) is 1.40. The van der Waals surface area contributed by atoms with E-state index in [1.165, 1.54) is 11.1 Å². The van der Waals surface area contributed by atoms with E-state index in [1.54, 1.807) is 12.3 Å². The third-order valence-electron chi connectivity index (χ3n) is 5.35. The number of fused-ring (bicyclic) bond motifs is 1. The Balaban J connectivity index is 1.51. The molecule has 0 unspecified atom stereocenters. The van der Waals surface area contributed by atoms with E-state index in [-0.39, 0.29) is 5.91 Å². The summed E-state index contributed by atoms with van der Waals surface area (Å²) in [5.41, 5.74) is 3.23. The fourth-order valence-electron chi connectivity index (χ4n) is 3.66. The van der Waals surface area contributed by atoms with E-state index in [2.05, 4.69) is 46.1 Å². The fourth-order valence-corrected chi connectivity index (χ4v) is 3.66. The third kappa shape index (κ3) is 3.36. The van der Waals surface area contributed by atoms with Gasteiger partial charge in [-0.15, -0.1) is 0 Å². The average Bonchev–Trinajstić information content (AvgIpc) is 2.68. The zero-order valence-corrected chi connectivity index (χ0v) is 14.7. The van der Waals surface area contributed by atoms with Gasteiger partial charge in [0.1, 0.15) is 5.69 Å². The van der Waals surface area contributed by atoms with Gasteiger partial charge in [0.2, 0.25) is 5.95 Å². The Morgan fingerprint density at radius 3 is 2.64 bits per heavy atom. The minimum absolute atomic E-state index is 0.0351. The fraction of sp³-hybridized carbons (Fsp3) is 0.450. The lowest BCUT2D eigenvalue weighted by Crippen LogP contribution is -2.38. The lowest BCUT2D eigenvalue weighted by atomic mass is 9.99. The number of benzene rings is 1. The molecule has 0 saturated carbocycles. The molecule has 1 fully saturated rings. The molecule has 4 rings (SSSR count). The number of hydrogen-bond acceptors (Lipinski definition) is 4. The topological polar surface area (TPSA) is 49.3 Å². The molecule has 5 heteroatoms. The molecule has 5 nitrogen and oxygen atoms in total. The zero-order valence-electron chi connectivity index (χ0n) is 14.7. The summed E-state index contributed by atoms with van der Waals surface area (Å²) in [5, 5.41) is 0. The molecule has 1 aromatic carbocycles. The standard InChI is InChI=1S/C20H24N4O/c1-15-7-11-23(12-8-15)19(25)18-6-10-21-20(22-18)24-13-9-16-4-2-3-5-17(16)14-24/h2-6,10,15H,7-9,11-14H2,1H3. The molecule has 0 N–H and O–H groups in total. The Morgan fingerprint density at radius 2 is 1.84 bits per heavy atom. The summed E-state index contributed by atoms with van der Waals surface area (Å²) in [6.07, 6.45) is 4.85. The highest BCUT2D eigenvalue weighted by atomic mass is 16.2. The molecule has 0 bridgehead atoms. The highest BCUT2D eigenvalue weighted by molar-refractivity contribution is 5.92. The molecule has 25 heavy (non-hydrogen) atoms. The molecular weight excluding hydrogens is 312 g/mol. The number of anilines is 1. The molecule has 130 valence electrons. The van der Waals surface area contributed by atoms with Crippen LogP contribution >= 0.6 is 0 Å². The van der Waals surface area contributed by atoms with Crippen molar-refractivity contribution in [3.05, 3.63) is 53.3 Å². The maximum absolute atomic E-state index is 12.8. The van der Waals surface area contributed by atoms with Gasteiger partial charge >= 0.3 is 0 Å². The molecule has 0 radical (unpaired) electrons. The van der Waals surface area contributed by atoms with E-state index in [0.717, 1.165) is 45.4 Å². The van der Waals surface area contributed by atoms with Crippen molar-refractivity contribution in [1.82, 2.24) is 14.9 Å². The van der Waals surface area contributed by atoms with Crippen LogP contribution in [-0.2, 0) is 13.0 Å². The first-order chi connectivity index (χ1) is 12.2. The number of rotatable bonds is 2. The number of piperidine rings is 1. The van der Waals surface area contributed by atoms with Crippen LogP contribution in [0.2, 0.25) is 0 Å². The largest absolute Gasteiger partial charge is 0.337 e. The molecule has 1 amide bonds. The summed E-state index contributed by atoms with van der Waals surface area (Å²) in [4.78, 5) is 25.9. The minimum Gasteiger partial charge on any atom is -0.337 e. The van der Waals surface area contributed by atoms with Crippen molar-refractivity contribution in [3.63, 3.8) is 0 Å². The van der Waals surface area contributed by atoms with Gasteiger partial charge in [0.25, 0.3) is 5.91 Å². The molecule has 0 spiro atoms. The van der Waals surface area contributed by atoms with Gasteiger partial charge in [-0.05, 0) is 42.4 Å². The first-order valence-electron chi connectivity index (χ1n) is 9.15. The average molecular weight is 336 g/mol. The predicted octanol–water partition coefficient (Wildman–Crippen LogP) is 2.91. The molecule has 2 aliphatic heterocycles. The van der Waals surface area contributed by atoms with Crippen LogP contribution in [0.4, 0.5) is 5.95 Å². The third-order valence-corrected chi connectivity index (χ3v) is 5.35. The van der Waals surface area contributed by atoms with E-state index in [0.29, 0.717) is 17.6 Å². The van der Waals surface area contributed by atoms with Crippen LogP contribution in [0, 0.1) is 5.92 Å². The van der Waals surface area contributed by atoms with Crippen LogP contribution < -0.4 is 4.90 Å². The van der Waals surface area contributed by atoms with Gasteiger partial charge < -0.3 is 9.80 Å². The second-order valence-corrected chi connectivity index (χ2v) is 7.16. The molecule has 0 atom stereocenters. The Labute approximate surface area is 148 Å². The smallest absolute Gasteiger partial charge is 0.272 e. The number of nitrogens with zero attached hydrogens (tertiary/aromatic N) is 4. The van der Waals surface area contributed by atoms with Gasteiger partial charge in [-0.2, -0.15) is 0 Å². The van der Waals surface area contributed by atoms with E-state index >= 15 is 0 Å². The summed E-state index contributed by atoms with van der Waals surface area (Å²) >= 11 is 0. The van der Waals surface area contributed by atoms with E-state index in [4.69, 9.17) is 0 Å². The SMILES string of the molecule is CC1CCN(C(=O)c2ccnc(N3CCc4ccccc4C3)n2)CC1. The van der Waals surface area contributed by atoms with Gasteiger partial charge in [0.15, 0.2) is 0 Å². The second kappa shape index (κ2) is 6.82. The number of aromatic nitrogens is 2. The lowest BCUT2D eigenvalue weighted by molar-refractivity contribution is 0.0691. The van der Waals surface area contributed by atoms with Crippen molar-refractivity contribution in [2.45, 2.75) is 32.7 Å². The number of amides is 1. The van der Waals surface area contributed by atoms with Gasteiger partial charge in [-0.3, -0.25) is 4.79 Å². The molecule has 2 aromatic rings. The molecule has 3 heterocycles. The first kappa shape index (κ1) is 16.1. The Kier molecular flexibility index (Phi) is 4.38. The summed E-state index contributed by atoms with van der Waals surface area (Å²) in [6, 6.07) is 10.2. The Morgan fingerprint density at radius 1 is 1.08 bits per heavy atom. The van der Waals surface area contributed by atoms with Crippen LogP contribution in [0.25, 0.3) is 0 Å². The highest BCUT2D eigenvalue weighted by Crippen LogP contribution is 2.22. The zero-order chi connectivity index (χ0) is 17.2. The first-order valence-corrected chi connectivity index (χ1v) is 9.15. The molecule has 1 aromatic heterocycles. The number of carbonyl (C=O) groups excluding carboxylic acids is 1. The van der Waals surface area contributed by atoms with Crippen LogP contribution in [-0.4, -0.2) is 40.4 Å². The molecular formula is C20H24N4O. The van der Waals surface area contributed by atoms with Crippen molar-refractivity contribution < 1.29 is 4.79 Å². The van der Waals surface area contributed by atoms with E-state index in [9.17, 15) is 4.79 Å². The van der Waals surface area contributed by atoms with Crippen LogP contribution in [0.5, 0.6) is 0 Å². The van der Waals surface area contributed by atoms with Gasteiger partial charge in [0.05, 0.1) is 0 Å². The maximum atomic E-state index is 12.8. The van der Waals surface area contributed by atoms with Crippen LogP contribution in [0.3, 0.4) is 0 Å². The molecule has 0 aliphatic carbocycles. The van der Waals surface area contributed by atoms with Crippen LogP contribution in [0.15, 0.2) is 36.5 Å². The van der Waals surface area contributed by atoms with Crippen molar-refractivity contribution in [1.29, 1.82) is 0 Å². The van der Waals surface area contributed by atoms with Crippen LogP contribution in [0.1, 0.15) is 41.4 Å². The molecule has 2 aliphatic rings. The number of carbonyl (C=O) groups is 1. The van der Waals surface area contributed by atoms with Crippen molar-refractivity contribution in [2.24, 2.45) is 5.92 Å². The second-order valence-electron chi connectivity index (χ2n) is 7.16. The Bertz CT molecular complexity index is 768. The quantitative estimate of drug-likeness (QED) is 0.846. The number of hydrogen-bond donors (Lipinski definition) is 0. The normalized spacial score (nSPS) is 18.1. The number of likely N-dealkylation sites (tertiary alicyclic amines) is 1. The molecule has 1 saturated heterocycles. The predicted molar refractivity (Wildman–Crippen MR) is 97.5 cm³/mol. The van der Waals surface area contributed by atoms with Crippen molar-refractivity contribution in [2.75, 3.05) is 24.5 Å². The summed E-state index contributed by atoms with van der Waals surface area (Å²) < 4.78 is 0. The monoisotopic (exact) mass is 336 g/mol. The van der Waals surface area contributed by atoms with E-state index < -0.39 is 0 Å². The van der Waals surface area contributed by atoms with Crippen molar-refractivity contribution in [3.8, 4) is 0 Å². The van der Waals surface area contributed by atoms with Gasteiger partial charge in [-0.25, -0.2) is 9.97 Å². The summed E-state index contributed by atoms with van der Waals surface area (Å²) in [7, 11) is 0. The summed E-state index contributed by atoms with van der Waals surface area (Å²) in [6.45, 7) is 5.59. The lowest BCUT2D eigenvalue weighted by Gasteiger charge is -2.31. The minimum atomic E-state index is 0.0351. The van der Waals surface area contributed by atoms with E-state index in [1.807, 2.05) is 4.90 Å². The van der Waals surface area contributed by atoms with Crippen molar-refractivity contribution >= 4 is 11.9 Å². The maximum Gasteiger partial charge on any atom is 0.272 e. The highest BCUT2D eigenvalue weighted by Gasteiger charge is 2.24.